The van der Waals surface area contributed by atoms with Crippen molar-refractivity contribution in [1.82, 2.24) is 0 Å². The van der Waals surface area contributed by atoms with Crippen molar-refractivity contribution in [1.29, 1.82) is 0 Å². The predicted molar refractivity (Wildman–Crippen MR) is 101 cm³/mol. The van der Waals surface area contributed by atoms with Crippen molar-refractivity contribution in [3.63, 3.8) is 0 Å². The number of nitro groups is 1. The van der Waals surface area contributed by atoms with Crippen molar-refractivity contribution in [3.05, 3.63) is 75.0 Å². The van der Waals surface area contributed by atoms with Crippen molar-refractivity contribution in [3.8, 4) is 5.75 Å². The van der Waals surface area contributed by atoms with Gasteiger partial charge in [-0.25, -0.2) is 9.79 Å². The number of methoxy groups -OCH3 is 1. The number of carbonyl (C=O) groups excluding carboxylic acids is 1. The Morgan fingerprint density at radius 2 is 1.89 bits per heavy atom. The predicted octanol–water partition coefficient (Wildman–Crippen LogP) is 4.07. The van der Waals surface area contributed by atoms with E-state index in [0.717, 1.165) is 5.56 Å². The molecule has 1 aliphatic rings. The number of nitro benzene ring substituents is 1. The summed E-state index contributed by atoms with van der Waals surface area (Å²) in [7, 11) is 1.35. The average Bonchev–Trinajstić information content (AvgIpc) is 3.02. The fourth-order valence-corrected chi connectivity index (χ4v) is 2.63. The molecule has 0 saturated carbocycles. The van der Waals surface area contributed by atoms with Crippen LogP contribution in [-0.2, 0) is 9.53 Å². The highest BCUT2D eigenvalue weighted by Crippen LogP contribution is 2.29. The second-order valence-electron chi connectivity index (χ2n) is 6.30. The molecule has 7 heteroatoms. The molecule has 1 heterocycles. The van der Waals surface area contributed by atoms with Crippen LogP contribution >= 0.6 is 0 Å². The Balaban J connectivity index is 1.92. The third kappa shape index (κ3) is 3.87. The van der Waals surface area contributed by atoms with Crippen molar-refractivity contribution in [2.75, 3.05) is 7.11 Å². The Labute approximate surface area is 156 Å². The van der Waals surface area contributed by atoms with E-state index < -0.39 is 10.9 Å². The van der Waals surface area contributed by atoms with Gasteiger partial charge in [0.1, 0.15) is 0 Å². The number of carbonyl (C=O) groups is 1. The number of esters is 1. The Bertz CT molecular complexity index is 959. The molecule has 0 saturated heterocycles. The van der Waals surface area contributed by atoms with Gasteiger partial charge in [0.05, 0.1) is 12.0 Å². The third-order valence-corrected chi connectivity index (χ3v) is 4.15. The fraction of sp³-hybridized carbons (Fsp3) is 0.200. The van der Waals surface area contributed by atoms with Gasteiger partial charge in [0.2, 0.25) is 5.90 Å². The number of hydrogen-bond acceptors (Lipinski definition) is 6. The quantitative estimate of drug-likeness (QED) is 0.344. The number of aliphatic imine (C=N–C) groups is 1. The van der Waals surface area contributed by atoms with Crippen LogP contribution in [0.4, 0.5) is 5.69 Å². The van der Waals surface area contributed by atoms with E-state index in [-0.39, 0.29) is 23.0 Å². The maximum absolute atomic E-state index is 12.1. The van der Waals surface area contributed by atoms with Gasteiger partial charge in [0.25, 0.3) is 0 Å². The number of nitrogens with zero attached hydrogens (tertiary/aromatic N) is 2. The molecule has 3 rings (SSSR count). The summed E-state index contributed by atoms with van der Waals surface area (Å²) in [6.07, 6.45) is 1.62. The van der Waals surface area contributed by atoms with Crippen molar-refractivity contribution < 1.29 is 19.2 Å². The SMILES string of the molecule is COc1ccc(C2=N/C(=C\c3ccc(C(C)C)cc3)C(=O)O2)cc1[N+](=O)[O-]. The summed E-state index contributed by atoms with van der Waals surface area (Å²) in [5.41, 5.74) is 2.25. The zero-order valence-electron chi connectivity index (χ0n) is 15.1. The molecule has 27 heavy (non-hydrogen) atoms. The van der Waals surface area contributed by atoms with Crippen LogP contribution in [0, 0.1) is 10.1 Å². The lowest BCUT2D eigenvalue weighted by atomic mass is 10.0. The molecule has 2 aromatic carbocycles. The first-order valence-electron chi connectivity index (χ1n) is 8.34. The number of rotatable bonds is 5. The number of benzene rings is 2. The van der Waals surface area contributed by atoms with Gasteiger partial charge in [-0.1, -0.05) is 38.1 Å². The molecule has 0 amide bonds. The lowest BCUT2D eigenvalue weighted by molar-refractivity contribution is -0.385. The van der Waals surface area contributed by atoms with Gasteiger partial charge in [-0.3, -0.25) is 10.1 Å². The molecule has 1 aliphatic heterocycles. The van der Waals surface area contributed by atoms with E-state index in [1.165, 1.54) is 24.8 Å². The summed E-state index contributed by atoms with van der Waals surface area (Å²) in [5, 5.41) is 11.2. The largest absolute Gasteiger partial charge is 0.490 e. The van der Waals surface area contributed by atoms with Crippen molar-refractivity contribution in [2.45, 2.75) is 19.8 Å². The number of hydrogen-bond donors (Lipinski definition) is 0. The molecule has 0 radical (unpaired) electrons. The molecule has 0 N–H and O–H groups in total. The van der Waals surface area contributed by atoms with Crippen LogP contribution in [-0.4, -0.2) is 23.9 Å². The Morgan fingerprint density at radius 3 is 2.48 bits per heavy atom. The van der Waals surface area contributed by atoms with Crippen LogP contribution in [0.3, 0.4) is 0 Å². The van der Waals surface area contributed by atoms with Crippen LogP contribution < -0.4 is 4.74 Å². The van der Waals surface area contributed by atoms with Gasteiger partial charge in [-0.15, -0.1) is 0 Å². The monoisotopic (exact) mass is 366 g/mol. The van der Waals surface area contributed by atoms with E-state index in [9.17, 15) is 14.9 Å². The Hall–Kier alpha value is -3.48. The van der Waals surface area contributed by atoms with Gasteiger partial charge < -0.3 is 9.47 Å². The molecule has 0 atom stereocenters. The van der Waals surface area contributed by atoms with E-state index in [1.807, 2.05) is 24.3 Å². The topological polar surface area (TPSA) is 91.0 Å². The molecule has 0 unspecified atom stereocenters. The first kappa shape index (κ1) is 18.3. The van der Waals surface area contributed by atoms with E-state index >= 15 is 0 Å². The molecule has 0 fully saturated rings. The molecular formula is C20H18N2O5. The van der Waals surface area contributed by atoms with E-state index in [0.29, 0.717) is 11.5 Å². The fourth-order valence-electron chi connectivity index (χ4n) is 2.63. The van der Waals surface area contributed by atoms with Crippen LogP contribution in [0.15, 0.2) is 53.2 Å². The molecule has 0 aromatic heterocycles. The number of ether oxygens (including phenoxy) is 2. The summed E-state index contributed by atoms with van der Waals surface area (Å²) in [5.74, 6) is -0.0412. The highest BCUT2D eigenvalue weighted by atomic mass is 16.6. The average molecular weight is 366 g/mol. The highest BCUT2D eigenvalue weighted by Gasteiger charge is 2.26. The van der Waals surface area contributed by atoms with E-state index in [1.54, 1.807) is 12.1 Å². The zero-order chi connectivity index (χ0) is 19.6. The molecular weight excluding hydrogens is 348 g/mol. The van der Waals surface area contributed by atoms with Gasteiger partial charge >= 0.3 is 11.7 Å². The van der Waals surface area contributed by atoms with Crippen LogP contribution in [0.1, 0.15) is 36.5 Å². The van der Waals surface area contributed by atoms with Crippen LogP contribution in [0.5, 0.6) is 5.75 Å². The van der Waals surface area contributed by atoms with Gasteiger partial charge in [-0.2, -0.15) is 0 Å². The van der Waals surface area contributed by atoms with Crippen molar-refractivity contribution in [2.24, 2.45) is 4.99 Å². The van der Waals surface area contributed by atoms with Gasteiger partial charge in [-0.05, 0) is 35.3 Å². The second kappa shape index (κ2) is 7.41. The van der Waals surface area contributed by atoms with Crippen LogP contribution in [0.2, 0.25) is 0 Å². The van der Waals surface area contributed by atoms with Gasteiger partial charge in [0, 0.05) is 11.6 Å². The zero-order valence-corrected chi connectivity index (χ0v) is 15.1. The summed E-state index contributed by atoms with van der Waals surface area (Å²) in [4.78, 5) is 26.9. The first-order chi connectivity index (χ1) is 12.9. The summed E-state index contributed by atoms with van der Waals surface area (Å²) >= 11 is 0. The number of cyclic esters (lactones) is 1. The smallest absolute Gasteiger partial charge is 0.363 e. The molecule has 7 nitrogen and oxygen atoms in total. The van der Waals surface area contributed by atoms with Crippen molar-refractivity contribution >= 4 is 23.6 Å². The van der Waals surface area contributed by atoms with Crippen LogP contribution in [0.25, 0.3) is 6.08 Å². The lowest BCUT2D eigenvalue weighted by Gasteiger charge is -2.04. The molecule has 2 aromatic rings. The normalized spacial score (nSPS) is 15.0. The Morgan fingerprint density at radius 1 is 1.19 bits per heavy atom. The molecule has 0 bridgehead atoms. The third-order valence-electron chi connectivity index (χ3n) is 4.15. The van der Waals surface area contributed by atoms with E-state index in [2.05, 4.69) is 18.8 Å². The minimum Gasteiger partial charge on any atom is -0.490 e. The maximum Gasteiger partial charge on any atom is 0.363 e. The first-order valence-corrected chi connectivity index (χ1v) is 8.34. The molecule has 138 valence electrons. The minimum atomic E-state index is -0.601. The standard InChI is InChI=1S/C20H18N2O5/c1-12(2)14-6-4-13(5-7-14)10-16-20(23)27-19(21-16)15-8-9-18(26-3)17(11-15)22(24)25/h4-12H,1-3H3/b16-10-. The molecule has 0 spiro atoms. The summed E-state index contributed by atoms with van der Waals surface area (Å²) in [6, 6.07) is 12.1. The lowest BCUT2D eigenvalue weighted by Crippen LogP contribution is -2.06. The second-order valence-corrected chi connectivity index (χ2v) is 6.30. The molecule has 0 aliphatic carbocycles. The Kier molecular flexibility index (Phi) is 5.03. The van der Waals surface area contributed by atoms with E-state index in [4.69, 9.17) is 9.47 Å². The summed E-state index contributed by atoms with van der Waals surface area (Å²) < 4.78 is 10.2. The summed E-state index contributed by atoms with van der Waals surface area (Å²) in [6.45, 7) is 4.21. The highest BCUT2D eigenvalue weighted by molar-refractivity contribution is 6.13. The minimum absolute atomic E-state index is 0.0239. The van der Waals surface area contributed by atoms with Gasteiger partial charge in [0.15, 0.2) is 11.4 Å². The maximum atomic E-state index is 12.1.